The maximum atomic E-state index is 2.45. The van der Waals surface area contributed by atoms with Crippen LogP contribution in [0.1, 0.15) is 27.2 Å². The van der Waals surface area contributed by atoms with Crippen molar-refractivity contribution in [1.29, 1.82) is 0 Å². The average Bonchev–Trinajstić information content (AvgIpc) is 2.26. The van der Waals surface area contributed by atoms with Crippen molar-refractivity contribution in [1.82, 2.24) is 4.90 Å². The smallest absolute Gasteiger partial charge is 0.0278 e. The van der Waals surface area contributed by atoms with Crippen LogP contribution >= 0.6 is 0 Å². The molecule has 0 aliphatic carbocycles. The third-order valence-corrected chi connectivity index (χ3v) is 2.53. The molecule has 0 aromatic carbocycles. The molecule has 0 aromatic rings. The van der Waals surface area contributed by atoms with Crippen molar-refractivity contribution in [2.75, 3.05) is 13.6 Å². The van der Waals surface area contributed by atoms with Gasteiger partial charge in [-0.05, 0) is 25.3 Å². The molecule has 0 saturated carbocycles. The lowest BCUT2D eigenvalue weighted by molar-refractivity contribution is 0.350. The first-order valence-corrected chi connectivity index (χ1v) is 4.98. The standard InChI is InChI=1S/C11H21N/c1-9(2)5-6-11-7-10(3)8-12(11)4/h5-6,9-11H,7-8H2,1-4H3/b6-5+. The normalized spacial score (nSPS) is 32.4. The number of likely N-dealkylation sites (N-methyl/N-ethyl adjacent to an activating group) is 1. The van der Waals surface area contributed by atoms with E-state index in [-0.39, 0.29) is 0 Å². The summed E-state index contributed by atoms with van der Waals surface area (Å²) in [7, 11) is 2.22. The van der Waals surface area contributed by atoms with Gasteiger partial charge in [-0.3, -0.25) is 4.90 Å². The summed E-state index contributed by atoms with van der Waals surface area (Å²) in [6, 6.07) is 0.697. The zero-order chi connectivity index (χ0) is 9.14. The molecule has 2 unspecified atom stereocenters. The van der Waals surface area contributed by atoms with Crippen LogP contribution in [0.4, 0.5) is 0 Å². The van der Waals surface area contributed by atoms with E-state index >= 15 is 0 Å². The van der Waals surface area contributed by atoms with E-state index in [9.17, 15) is 0 Å². The molecule has 0 amide bonds. The molecule has 1 heteroatoms. The first-order chi connectivity index (χ1) is 5.59. The van der Waals surface area contributed by atoms with E-state index in [1.54, 1.807) is 0 Å². The molecule has 0 aromatic heterocycles. The maximum Gasteiger partial charge on any atom is 0.0278 e. The van der Waals surface area contributed by atoms with Gasteiger partial charge in [0, 0.05) is 12.6 Å². The third kappa shape index (κ3) is 2.63. The molecule has 12 heavy (non-hydrogen) atoms. The van der Waals surface area contributed by atoms with Gasteiger partial charge in [0.15, 0.2) is 0 Å². The fourth-order valence-electron chi connectivity index (χ4n) is 1.87. The number of rotatable bonds is 2. The summed E-state index contributed by atoms with van der Waals surface area (Å²) in [5.74, 6) is 1.56. The van der Waals surface area contributed by atoms with Crippen LogP contribution in [-0.4, -0.2) is 24.5 Å². The SMILES string of the molecule is CC(C)/C=C/C1CC(C)CN1C. The molecule has 0 spiro atoms. The molecule has 1 heterocycles. The van der Waals surface area contributed by atoms with Gasteiger partial charge < -0.3 is 0 Å². The molecule has 2 atom stereocenters. The van der Waals surface area contributed by atoms with Gasteiger partial charge in [0.05, 0.1) is 0 Å². The summed E-state index contributed by atoms with van der Waals surface area (Å²) in [5.41, 5.74) is 0. The lowest BCUT2D eigenvalue weighted by Crippen LogP contribution is -2.22. The van der Waals surface area contributed by atoms with Crippen molar-refractivity contribution >= 4 is 0 Å². The van der Waals surface area contributed by atoms with Gasteiger partial charge in [-0.25, -0.2) is 0 Å². The number of allylic oxidation sites excluding steroid dienone is 1. The van der Waals surface area contributed by atoms with Crippen LogP contribution < -0.4 is 0 Å². The average molecular weight is 167 g/mol. The maximum absolute atomic E-state index is 2.45. The zero-order valence-electron chi connectivity index (χ0n) is 8.75. The Bertz CT molecular complexity index is 160. The van der Waals surface area contributed by atoms with E-state index in [4.69, 9.17) is 0 Å². The Kier molecular flexibility index (Phi) is 3.33. The minimum Gasteiger partial charge on any atom is -0.300 e. The Morgan fingerprint density at radius 1 is 1.42 bits per heavy atom. The molecule has 0 bridgehead atoms. The van der Waals surface area contributed by atoms with Crippen molar-refractivity contribution in [3.05, 3.63) is 12.2 Å². The molecular weight excluding hydrogens is 146 g/mol. The second-order valence-electron chi connectivity index (χ2n) is 4.48. The monoisotopic (exact) mass is 167 g/mol. The highest BCUT2D eigenvalue weighted by Gasteiger charge is 2.23. The highest BCUT2D eigenvalue weighted by atomic mass is 15.1. The Hall–Kier alpha value is -0.300. The van der Waals surface area contributed by atoms with E-state index in [1.165, 1.54) is 13.0 Å². The fraction of sp³-hybridized carbons (Fsp3) is 0.818. The second kappa shape index (κ2) is 4.08. The predicted octanol–water partition coefficient (Wildman–Crippen LogP) is 2.54. The molecule has 1 aliphatic heterocycles. The summed E-state index contributed by atoms with van der Waals surface area (Å²) < 4.78 is 0. The van der Waals surface area contributed by atoms with Gasteiger partial charge in [0.25, 0.3) is 0 Å². The Morgan fingerprint density at radius 3 is 2.50 bits per heavy atom. The minimum absolute atomic E-state index is 0.689. The number of nitrogens with zero attached hydrogens (tertiary/aromatic N) is 1. The first-order valence-electron chi connectivity index (χ1n) is 4.98. The summed E-state index contributed by atoms with van der Waals surface area (Å²) in [6.07, 6.45) is 6.02. The van der Waals surface area contributed by atoms with Crippen LogP contribution in [0.2, 0.25) is 0 Å². The lowest BCUT2D eigenvalue weighted by Gasteiger charge is -2.15. The minimum atomic E-state index is 0.689. The van der Waals surface area contributed by atoms with Crippen molar-refractivity contribution < 1.29 is 0 Å². The van der Waals surface area contributed by atoms with Crippen LogP contribution in [0.5, 0.6) is 0 Å². The van der Waals surface area contributed by atoms with Gasteiger partial charge in [-0.2, -0.15) is 0 Å². The van der Waals surface area contributed by atoms with E-state index in [0.717, 1.165) is 5.92 Å². The summed E-state index contributed by atoms with van der Waals surface area (Å²) in [4.78, 5) is 2.45. The summed E-state index contributed by atoms with van der Waals surface area (Å²) in [6.45, 7) is 8.05. The number of hydrogen-bond donors (Lipinski definition) is 0. The van der Waals surface area contributed by atoms with Gasteiger partial charge >= 0.3 is 0 Å². The lowest BCUT2D eigenvalue weighted by atomic mass is 10.1. The molecule has 1 rings (SSSR count). The van der Waals surface area contributed by atoms with Gasteiger partial charge in [0.2, 0.25) is 0 Å². The molecule has 1 aliphatic rings. The summed E-state index contributed by atoms with van der Waals surface area (Å²) in [5, 5.41) is 0. The predicted molar refractivity (Wildman–Crippen MR) is 54.2 cm³/mol. The third-order valence-electron chi connectivity index (χ3n) is 2.53. The second-order valence-corrected chi connectivity index (χ2v) is 4.48. The van der Waals surface area contributed by atoms with Crippen LogP contribution in [0, 0.1) is 11.8 Å². The Balaban J connectivity index is 2.42. The molecule has 0 radical (unpaired) electrons. The topological polar surface area (TPSA) is 3.24 Å². The molecule has 1 nitrogen and oxygen atoms in total. The van der Waals surface area contributed by atoms with Gasteiger partial charge in [-0.15, -0.1) is 0 Å². The van der Waals surface area contributed by atoms with E-state index < -0.39 is 0 Å². The van der Waals surface area contributed by atoms with E-state index in [0.29, 0.717) is 12.0 Å². The van der Waals surface area contributed by atoms with Crippen molar-refractivity contribution in [3.8, 4) is 0 Å². The van der Waals surface area contributed by atoms with Crippen LogP contribution in [-0.2, 0) is 0 Å². The summed E-state index contributed by atoms with van der Waals surface area (Å²) >= 11 is 0. The highest BCUT2D eigenvalue weighted by molar-refractivity contribution is 4.99. The molecule has 1 saturated heterocycles. The van der Waals surface area contributed by atoms with Crippen LogP contribution in [0.15, 0.2) is 12.2 Å². The highest BCUT2D eigenvalue weighted by Crippen LogP contribution is 2.21. The van der Waals surface area contributed by atoms with Gasteiger partial charge in [0.1, 0.15) is 0 Å². The van der Waals surface area contributed by atoms with Crippen LogP contribution in [0.3, 0.4) is 0 Å². The van der Waals surface area contributed by atoms with Crippen molar-refractivity contribution in [3.63, 3.8) is 0 Å². The van der Waals surface area contributed by atoms with Crippen molar-refractivity contribution in [2.24, 2.45) is 11.8 Å². The molecule has 1 fully saturated rings. The van der Waals surface area contributed by atoms with Crippen LogP contribution in [0.25, 0.3) is 0 Å². The Labute approximate surface area is 76.5 Å². The molecule has 70 valence electrons. The van der Waals surface area contributed by atoms with Gasteiger partial charge in [-0.1, -0.05) is 32.9 Å². The number of likely N-dealkylation sites (tertiary alicyclic amines) is 1. The largest absolute Gasteiger partial charge is 0.300 e. The fourth-order valence-corrected chi connectivity index (χ4v) is 1.87. The molecular formula is C11H21N. The van der Waals surface area contributed by atoms with E-state index in [2.05, 4.69) is 44.9 Å². The quantitative estimate of drug-likeness (QED) is 0.571. The van der Waals surface area contributed by atoms with Crippen molar-refractivity contribution in [2.45, 2.75) is 33.2 Å². The van der Waals surface area contributed by atoms with E-state index in [1.807, 2.05) is 0 Å². The number of hydrogen-bond acceptors (Lipinski definition) is 1. The first kappa shape index (κ1) is 9.79. The molecule has 0 N–H and O–H groups in total. The Morgan fingerprint density at radius 2 is 2.08 bits per heavy atom. The zero-order valence-corrected chi connectivity index (χ0v) is 8.75.